The molecule has 3 rings (SSSR count). The van der Waals surface area contributed by atoms with Gasteiger partial charge in [0.25, 0.3) is 11.1 Å². The smallest absolute Gasteiger partial charge is 0.268 e. The van der Waals surface area contributed by atoms with Gasteiger partial charge in [-0.1, -0.05) is 48.0 Å². The van der Waals surface area contributed by atoms with E-state index in [0.717, 1.165) is 17.3 Å². The number of carbonyl (C=O) groups excluding carboxylic acids is 2. The van der Waals surface area contributed by atoms with Crippen molar-refractivity contribution in [2.75, 3.05) is 4.90 Å². The Morgan fingerprint density at radius 2 is 1.62 bits per heavy atom. The standard InChI is InChI=1S/C16H10ClNO2S/c17-13-9-5-4-6-11(13)10-14-15(19)18(16(20)21-14)12-7-2-1-3-8-12/h1-10H. The van der Waals surface area contributed by atoms with Crippen molar-refractivity contribution in [1.82, 2.24) is 0 Å². The number of halogens is 1. The number of para-hydroxylation sites is 1. The van der Waals surface area contributed by atoms with Gasteiger partial charge in [-0.15, -0.1) is 0 Å². The second-order valence-corrected chi connectivity index (χ2v) is 5.77. The first kappa shape index (κ1) is 13.9. The lowest BCUT2D eigenvalue weighted by atomic mass is 10.2. The van der Waals surface area contributed by atoms with Crippen molar-refractivity contribution in [3.63, 3.8) is 0 Å². The Labute approximate surface area is 131 Å². The maximum Gasteiger partial charge on any atom is 0.298 e. The summed E-state index contributed by atoms with van der Waals surface area (Å²) < 4.78 is 0. The van der Waals surface area contributed by atoms with Crippen LogP contribution in [0.15, 0.2) is 59.5 Å². The van der Waals surface area contributed by atoms with Gasteiger partial charge in [0.2, 0.25) is 0 Å². The monoisotopic (exact) mass is 315 g/mol. The molecule has 1 aliphatic heterocycles. The highest BCUT2D eigenvalue weighted by Gasteiger charge is 2.36. The van der Waals surface area contributed by atoms with E-state index in [1.807, 2.05) is 18.2 Å². The molecule has 0 aliphatic carbocycles. The maximum atomic E-state index is 12.4. The molecule has 104 valence electrons. The number of thioether (sulfide) groups is 1. The maximum absolute atomic E-state index is 12.4. The zero-order valence-electron chi connectivity index (χ0n) is 10.8. The number of amides is 2. The molecule has 1 fully saturated rings. The predicted octanol–water partition coefficient (Wildman–Crippen LogP) is 4.58. The fourth-order valence-corrected chi connectivity index (χ4v) is 3.02. The molecule has 1 aliphatic rings. The molecule has 1 heterocycles. The average molecular weight is 316 g/mol. The van der Waals surface area contributed by atoms with Crippen LogP contribution in [-0.2, 0) is 4.79 Å². The van der Waals surface area contributed by atoms with Crippen LogP contribution in [0.4, 0.5) is 10.5 Å². The van der Waals surface area contributed by atoms with Crippen LogP contribution in [0.25, 0.3) is 6.08 Å². The van der Waals surface area contributed by atoms with Crippen LogP contribution < -0.4 is 4.90 Å². The van der Waals surface area contributed by atoms with Crippen molar-refractivity contribution >= 4 is 46.3 Å². The third kappa shape index (κ3) is 2.73. The van der Waals surface area contributed by atoms with Gasteiger partial charge in [0.1, 0.15) is 0 Å². The molecular formula is C16H10ClNO2S. The molecule has 0 unspecified atom stereocenters. The van der Waals surface area contributed by atoms with Crippen molar-refractivity contribution in [2.24, 2.45) is 0 Å². The van der Waals surface area contributed by atoms with Crippen LogP contribution in [0, 0.1) is 0 Å². The highest BCUT2D eigenvalue weighted by molar-refractivity contribution is 8.19. The first-order chi connectivity index (χ1) is 10.2. The van der Waals surface area contributed by atoms with Gasteiger partial charge >= 0.3 is 0 Å². The molecule has 2 aromatic rings. The van der Waals surface area contributed by atoms with E-state index in [1.54, 1.807) is 42.5 Å². The van der Waals surface area contributed by atoms with E-state index in [1.165, 1.54) is 4.90 Å². The second-order valence-electron chi connectivity index (χ2n) is 4.37. The SMILES string of the molecule is O=C1SC(=Cc2ccccc2Cl)C(=O)N1c1ccccc1. The zero-order valence-corrected chi connectivity index (χ0v) is 12.4. The molecule has 5 heteroatoms. The minimum Gasteiger partial charge on any atom is -0.268 e. The molecule has 3 nitrogen and oxygen atoms in total. The Balaban J connectivity index is 1.96. The third-order valence-corrected chi connectivity index (χ3v) is 4.21. The quantitative estimate of drug-likeness (QED) is 0.761. The Bertz CT molecular complexity index is 743. The summed E-state index contributed by atoms with van der Waals surface area (Å²) in [5, 5.41) is 0.244. The molecule has 0 atom stereocenters. The van der Waals surface area contributed by atoms with Crippen molar-refractivity contribution < 1.29 is 9.59 Å². The van der Waals surface area contributed by atoms with Crippen LogP contribution in [-0.4, -0.2) is 11.1 Å². The van der Waals surface area contributed by atoms with E-state index < -0.39 is 0 Å². The fourth-order valence-electron chi connectivity index (χ4n) is 2.00. The number of hydrogen-bond donors (Lipinski definition) is 0. The lowest BCUT2D eigenvalue weighted by Crippen LogP contribution is -2.27. The number of anilines is 1. The molecule has 21 heavy (non-hydrogen) atoms. The van der Waals surface area contributed by atoms with Crippen molar-refractivity contribution in [1.29, 1.82) is 0 Å². The molecule has 0 saturated carbocycles. The Morgan fingerprint density at radius 1 is 0.952 bits per heavy atom. The van der Waals surface area contributed by atoms with Gasteiger partial charge < -0.3 is 0 Å². The number of hydrogen-bond acceptors (Lipinski definition) is 3. The minimum absolute atomic E-state index is 0.301. The first-order valence-corrected chi connectivity index (χ1v) is 7.44. The fraction of sp³-hybridized carbons (Fsp3) is 0. The van der Waals surface area contributed by atoms with Crippen LogP contribution in [0.5, 0.6) is 0 Å². The van der Waals surface area contributed by atoms with Gasteiger partial charge in [0.15, 0.2) is 0 Å². The predicted molar refractivity (Wildman–Crippen MR) is 86.3 cm³/mol. The summed E-state index contributed by atoms with van der Waals surface area (Å²) in [6, 6.07) is 16.1. The van der Waals surface area contributed by atoms with Crippen LogP contribution in [0.3, 0.4) is 0 Å². The van der Waals surface area contributed by atoms with Gasteiger partial charge in [-0.25, -0.2) is 4.90 Å². The van der Waals surface area contributed by atoms with Gasteiger partial charge in [0, 0.05) is 5.02 Å². The first-order valence-electron chi connectivity index (χ1n) is 6.24. The lowest BCUT2D eigenvalue weighted by Gasteiger charge is -2.11. The Kier molecular flexibility index (Phi) is 3.82. The summed E-state index contributed by atoms with van der Waals surface area (Å²) >= 11 is 7.00. The van der Waals surface area contributed by atoms with Gasteiger partial charge in [-0.2, -0.15) is 0 Å². The van der Waals surface area contributed by atoms with Gasteiger partial charge in [0.05, 0.1) is 10.6 Å². The molecule has 1 saturated heterocycles. The van der Waals surface area contributed by atoms with E-state index in [0.29, 0.717) is 15.6 Å². The molecule has 2 aromatic carbocycles. The Hall–Kier alpha value is -2.04. The highest BCUT2D eigenvalue weighted by Crippen LogP contribution is 2.36. The highest BCUT2D eigenvalue weighted by atomic mass is 35.5. The van der Waals surface area contributed by atoms with E-state index in [9.17, 15) is 9.59 Å². The van der Waals surface area contributed by atoms with Crippen molar-refractivity contribution in [3.8, 4) is 0 Å². The number of benzene rings is 2. The molecule has 0 radical (unpaired) electrons. The van der Waals surface area contributed by atoms with Crippen molar-refractivity contribution in [3.05, 3.63) is 70.1 Å². The number of imide groups is 1. The third-order valence-electron chi connectivity index (χ3n) is 3.00. The van der Waals surface area contributed by atoms with Gasteiger partial charge in [-0.05, 0) is 41.6 Å². The largest absolute Gasteiger partial charge is 0.298 e. The number of nitrogens with zero attached hydrogens (tertiary/aromatic N) is 1. The van der Waals surface area contributed by atoms with E-state index >= 15 is 0 Å². The zero-order chi connectivity index (χ0) is 14.8. The summed E-state index contributed by atoms with van der Waals surface area (Å²) in [5.41, 5.74) is 1.29. The topological polar surface area (TPSA) is 37.4 Å². The number of carbonyl (C=O) groups is 2. The summed E-state index contributed by atoms with van der Waals surface area (Å²) in [4.78, 5) is 26.0. The summed E-state index contributed by atoms with van der Waals surface area (Å²) in [5.74, 6) is -0.323. The summed E-state index contributed by atoms with van der Waals surface area (Å²) in [6.45, 7) is 0. The molecule has 0 bridgehead atoms. The summed E-state index contributed by atoms with van der Waals surface area (Å²) in [6.07, 6.45) is 1.65. The second kappa shape index (κ2) is 5.76. The van der Waals surface area contributed by atoms with E-state index in [4.69, 9.17) is 11.6 Å². The summed E-state index contributed by atoms with van der Waals surface area (Å²) in [7, 11) is 0. The molecule has 2 amide bonds. The molecule has 0 N–H and O–H groups in total. The van der Waals surface area contributed by atoms with Gasteiger partial charge in [-0.3, -0.25) is 9.59 Å². The number of rotatable bonds is 2. The average Bonchev–Trinajstić information content (AvgIpc) is 2.77. The van der Waals surface area contributed by atoms with Crippen LogP contribution in [0.1, 0.15) is 5.56 Å². The molecule has 0 aromatic heterocycles. The molecular weight excluding hydrogens is 306 g/mol. The normalized spacial score (nSPS) is 16.8. The van der Waals surface area contributed by atoms with Crippen LogP contribution >= 0.6 is 23.4 Å². The lowest BCUT2D eigenvalue weighted by molar-refractivity contribution is -0.113. The molecule has 0 spiro atoms. The minimum atomic E-state index is -0.323. The Morgan fingerprint density at radius 3 is 2.33 bits per heavy atom. The van der Waals surface area contributed by atoms with Crippen LogP contribution in [0.2, 0.25) is 5.02 Å². The van der Waals surface area contributed by atoms with E-state index in [2.05, 4.69) is 0 Å². The van der Waals surface area contributed by atoms with E-state index in [-0.39, 0.29) is 11.1 Å². The van der Waals surface area contributed by atoms with Crippen molar-refractivity contribution in [2.45, 2.75) is 0 Å².